The lowest BCUT2D eigenvalue weighted by molar-refractivity contribution is -0.128. The van der Waals surface area contributed by atoms with Crippen molar-refractivity contribution in [1.29, 1.82) is 0 Å². The Bertz CT molecular complexity index is 1200. The second kappa shape index (κ2) is 7.67. The van der Waals surface area contributed by atoms with Crippen LogP contribution in [0.1, 0.15) is 30.7 Å². The van der Waals surface area contributed by atoms with Crippen molar-refractivity contribution in [3.63, 3.8) is 0 Å². The number of nitrogens with zero attached hydrogens (tertiary/aromatic N) is 3. The minimum atomic E-state index is -0.0801. The molecular formula is C23H22N4O3. The van der Waals surface area contributed by atoms with Crippen LogP contribution in [0.4, 0.5) is 0 Å². The highest BCUT2D eigenvalue weighted by molar-refractivity contribution is 5.83. The molecular weight excluding hydrogens is 380 g/mol. The molecule has 4 aromatic rings. The number of hydrogen-bond acceptors (Lipinski definition) is 5. The molecule has 1 atom stereocenters. The van der Waals surface area contributed by atoms with E-state index in [4.69, 9.17) is 9.26 Å². The maximum atomic E-state index is 12.6. The lowest BCUT2D eigenvalue weighted by Gasteiger charge is -2.18. The van der Waals surface area contributed by atoms with E-state index in [1.807, 2.05) is 66.6 Å². The summed E-state index contributed by atoms with van der Waals surface area (Å²) >= 11 is 0. The Morgan fingerprint density at radius 2 is 2.13 bits per heavy atom. The third-order valence-corrected chi connectivity index (χ3v) is 5.46. The van der Waals surface area contributed by atoms with E-state index >= 15 is 0 Å². The number of ether oxygens (including phenoxy) is 1. The summed E-state index contributed by atoms with van der Waals surface area (Å²) in [5, 5.41) is 5.29. The first-order valence-electron chi connectivity index (χ1n) is 10.1. The van der Waals surface area contributed by atoms with E-state index in [0.717, 1.165) is 27.8 Å². The Morgan fingerprint density at radius 3 is 3.03 bits per heavy atom. The predicted octanol–water partition coefficient (Wildman–Crippen LogP) is 4.13. The van der Waals surface area contributed by atoms with Gasteiger partial charge in [0.25, 0.3) is 5.89 Å². The van der Waals surface area contributed by atoms with Crippen molar-refractivity contribution >= 4 is 16.8 Å². The molecule has 2 aromatic heterocycles. The average molecular weight is 402 g/mol. The van der Waals surface area contributed by atoms with E-state index in [0.29, 0.717) is 37.8 Å². The highest BCUT2D eigenvalue weighted by atomic mass is 16.5. The normalized spacial score (nSPS) is 16.5. The minimum Gasteiger partial charge on any atom is -0.494 e. The van der Waals surface area contributed by atoms with Gasteiger partial charge in [-0.3, -0.25) is 4.79 Å². The van der Waals surface area contributed by atoms with Gasteiger partial charge < -0.3 is 19.1 Å². The van der Waals surface area contributed by atoms with Crippen LogP contribution >= 0.6 is 0 Å². The van der Waals surface area contributed by atoms with Gasteiger partial charge in [-0.15, -0.1) is 0 Å². The fourth-order valence-corrected chi connectivity index (χ4v) is 3.93. The number of rotatable bonds is 6. The lowest BCUT2D eigenvalue weighted by Crippen LogP contribution is -2.24. The van der Waals surface area contributed by atoms with Gasteiger partial charge in [-0.2, -0.15) is 4.98 Å². The van der Waals surface area contributed by atoms with Crippen LogP contribution in [0, 0.1) is 0 Å². The number of likely N-dealkylation sites (tertiary alicyclic amines) is 1. The van der Waals surface area contributed by atoms with Gasteiger partial charge in [0.15, 0.2) is 5.82 Å². The molecule has 3 heterocycles. The summed E-state index contributed by atoms with van der Waals surface area (Å²) < 4.78 is 11.2. The molecule has 30 heavy (non-hydrogen) atoms. The van der Waals surface area contributed by atoms with Crippen LogP contribution in [0.15, 0.2) is 59.3 Å². The van der Waals surface area contributed by atoms with Crippen molar-refractivity contribution in [2.24, 2.45) is 0 Å². The third kappa shape index (κ3) is 3.43. The zero-order valence-corrected chi connectivity index (χ0v) is 16.7. The summed E-state index contributed by atoms with van der Waals surface area (Å²) in [6.45, 7) is 3.62. The van der Waals surface area contributed by atoms with Gasteiger partial charge in [0.1, 0.15) is 5.75 Å². The zero-order valence-electron chi connectivity index (χ0n) is 16.7. The third-order valence-electron chi connectivity index (χ3n) is 5.46. The van der Waals surface area contributed by atoms with Crippen LogP contribution in [0.3, 0.4) is 0 Å². The molecule has 7 nitrogen and oxygen atoms in total. The predicted molar refractivity (Wildman–Crippen MR) is 112 cm³/mol. The molecule has 1 unspecified atom stereocenters. The molecule has 2 aromatic carbocycles. The van der Waals surface area contributed by atoms with Crippen molar-refractivity contribution in [3.05, 3.63) is 66.1 Å². The van der Waals surface area contributed by atoms with Crippen LogP contribution in [0.2, 0.25) is 0 Å². The molecule has 1 N–H and O–H groups in total. The SMILES string of the molecule is CCOc1ccccc1CN1CC(c2noc(-c3ccc4cc[nH]c4c3)n2)CC1=O. The van der Waals surface area contributed by atoms with Crippen molar-refractivity contribution < 1.29 is 14.1 Å². The maximum Gasteiger partial charge on any atom is 0.258 e. The molecule has 1 amide bonds. The number of carbonyl (C=O) groups is 1. The summed E-state index contributed by atoms with van der Waals surface area (Å²) in [6.07, 6.45) is 2.28. The van der Waals surface area contributed by atoms with Crippen molar-refractivity contribution in [2.45, 2.75) is 25.8 Å². The molecule has 7 heteroatoms. The number of hydrogen-bond donors (Lipinski definition) is 1. The highest BCUT2D eigenvalue weighted by Gasteiger charge is 2.34. The van der Waals surface area contributed by atoms with Crippen LogP contribution in [-0.4, -0.2) is 39.1 Å². The van der Waals surface area contributed by atoms with Gasteiger partial charge in [-0.05, 0) is 36.6 Å². The summed E-state index contributed by atoms with van der Waals surface area (Å²) in [4.78, 5) is 22.2. The van der Waals surface area contributed by atoms with Gasteiger partial charge in [-0.25, -0.2) is 0 Å². The van der Waals surface area contributed by atoms with E-state index in [1.54, 1.807) is 0 Å². The molecule has 1 aliphatic rings. The molecule has 0 radical (unpaired) electrons. The Labute approximate surface area is 173 Å². The van der Waals surface area contributed by atoms with Gasteiger partial charge in [0.2, 0.25) is 5.91 Å². The number of aromatic amines is 1. The summed E-state index contributed by atoms with van der Waals surface area (Å²) in [6, 6.07) is 15.8. The molecule has 1 saturated heterocycles. The van der Waals surface area contributed by atoms with E-state index < -0.39 is 0 Å². The van der Waals surface area contributed by atoms with Crippen molar-refractivity contribution in [3.8, 4) is 17.2 Å². The van der Waals surface area contributed by atoms with Crippen LogP contribution in [0.5, 0.6) is 5.75 Å². The smallest absolute Gasteiger partial charge is 0.258 e. The zero-order chi connectivity index (χ0) is 20.5. The number of H-pyrrole nitrogens is 1. The van der Waals surface area contributed by atoms with Crippen molar-refractivity contribution in [1.82, 2.24) is 20.0 Å². The molecule has 0 aliphatic carbocycles. The number of fused-ring (bicyclic) bond motifs is 1. The molecule has 0 spiro atoms. The van der Waals surface area contributed by atoms with E-state index in [2.05, 4.69) is 15.1 Å². The molecule has 1 fully saturated rings. The van der Waals surface area contributed by atoms with Crippen LogP contribution in [0.25, 0.3) is 22.4 Å². The first-order chi connectivity index (χ1) is 14.7. The number of carbonyl (C=O) groups excluding carboxylic acids is 1. The number of benzene rings is 2. The monoisotopic (exact) mass is 402 g/mol. The quantitative estimate of drug-likeness (QED) is 0.524. The van der Waals surface area contributed by atoms with Crippen molar-refractivity contribution in [2.75, 3.05) is 13.2 Å². The van der Waals surface area contributed by atoms with Gasteiger partial charge >= 0.3 is 0 Å². The van der Waals surface area contributed by atoms with E-state index in [1.165, 1.54) is 0 Å². The molecule has 1 aliphatic heterocycles. The molecule has 152 valence electrons. The standard InChI is InChI=1S/C23H22N4O3/c1-2-29-20-6-4-3-5-17(20)13-27-14-18(12-21(27)28)22-25-23(30-26-22)16-8-7-15-9-10-24-19(15)11-16/h3-11,18,24H,2,12-14H2,1H3. The van der Waals surface area contributed by atoms with Gasteiger partial charge in [0, 0.05) is 48.3 Å². The van der Waals surface area contributed by atoms with Crippen LogP contribution < -0.4 is 4.74 Å². The Balaban J connectivity index is 1.32. The second-order valence-electron chi connectivity index (χ2n) is 7.45. The summed E-state index contributed by atoms with van der Waals surface area (Å²) in [5.74, 6) is 1.87. The fourth-order valence-electron chi connectivity index (χ4n) is 3.93. The summed E-state index contributed by atoms with van der Waals surface area (Å²) in [5.41, 5.74) is 2.87. The van der Waals surface area contributed by atoms with Crippen LogP contribution in [-0.2, 0) is 11.3 Å². The second-order valence-corrected chi connectivity index (χ2v) is 7.45. The van der Waals surface area contributed by atoms with E-state index in [-0.39, 0.29) is 11.8 Å². The Morgan fingerprint density at radius 1 is 1.23 bits per heavy atom. The fraction of sp³-hybridized carbons (Fsp3) is 0.261. The number of amides is 1. The lowest BCUT2D eigenvalue weighted by atomic mass is 10.1. The topological polar surface area (TPSA) is 84.2 Å². The van der Waals surface area contributed by atoms with Gasteiger partial charge in [0.05, 0.1) is 6.61 Å². The first kappa shape index (κ1) is 18.4. The average Bonchev–Trinajstić information content (AvgIpc) is 3.49. The minimum absolute atomic E-state index is 0.0801. The number of nitrogens with one attached hydrogen (secondary N) is 1. The molecule has 0 bridgehead atoms. The maximum absolute atomic E-state index is 12.6. The molecule has 5 rings (SSSR count). The Hall–Kier alpha value is -3.61. The largest absolute Gasteiger partial charge is 0.494 e. The highest BCUT2D eigenvalue weighted by Crippen LogP contribution is 2.31. The first-order valence-corrected chi connectivity index (χ1v) is 10.1. The number of para-hydroxylation sites is 1. The number of aromatic nitrogens is 3. The summed E-state index contributed by atoms with van der Waals surface area (Å²) in [7, 11) is 0. The van der Waals surface area contributed by atoms with E-state index in [9.17, 15) is 4.79 Å². The molecule has 0 saturated carbocycles. The van der Waals surface area contributed by atoms with Gasteiger partial charge in [-0.1, -0.05) is 29.4 Å². The Kier molecular flexibility index (Phi) is 4.71.